The molecule has 2 saturated heterocycles. The lowest BCUT2D eigenvalue weighted by molar-refractivity contribution is -0.148. The minimum Gasteiger partial charge on any atom is -0.468 e. The zero-order chi connectivity index (χ0) is 20.2. The molecule has 4 heterocycles. The van der Waals surface area contributed by atoms with Crippen LogP contribution in [0.1, 0.15) is 67.5 Å². The highest BCUT2D eigenvalue weighted by Gasteiger charge is 2.32. The first-order valence-corrected chi connectivity index (χ1v) is 11.6. The van der Waals surface area contributed by atoms with Gasteiger partial charge in [0.25, 0.3) is 5.91 Å². The van der Waals surface area contributed by atoms with Crippen LogP contribution in [0.15, 0.2) is 11.6 Å². The largest absolute Gasteiger partial charge is 0.468 e. The summed E-state index contributed by atoms with van der Waals surface area (Å²) in [6.07, 6.45) is 10.6. The smallest absolute Gasteiger partial charge is 0.323 e. The van der Waals surface area contributed by atoms with E-state index in [1.165, 1.54) is 37.7 Å². The molecule has 0 aromatic carbocycles. The SMILES string of the molecule is COC(=O)C1CCCCN1Cc1c(C(=O)N2CCCCCCC2)nc2sccn12. The maximum Gasteiger partial charge on any atom is 0.323 e. The lowest BCUT2D eigenvalue weighted by Crippen LogP contribution is -2.45. The highest BCUT2D eigenvalue weighted by molar-refractivity contribution is 7.15. The van der Waals surface area contributed by atoms with Gasteiger partial charge in [-0.25, -0.2) is 4.98 Å². The van der Waals surface area contributed by atoms with Crippen LogP contribution in [-0.4, -0.2) is 63.8 Å². The van der Waals surface area contributed by atoms with Gasteiger partial charge in [-0.1, -0.05) is 25.7 Å². The predicted molar refractivity (Wildman–Crippen MR) is 112 cm³/mol. The van der Waals surface area contributed by atoms with Gasteiger partial charge < -0.3 is 9.64 Å². The number of amides is 1. The Morgan fingerprint density at radius 2 is 1.83 bits per heavy atom. The van der Waals surface area contributed by atoms with Gasteiger partial charge in [0, 0.05) is 31.2 Å². The minimum absolute atomic E-state index is 0.0319. The summed E-state index contributed by atoms with van der Waals surface area (Å²) in [7, 11) is 1.45. The van der Waals surface area contributed by atoms with Crippen molar-refractivity contribution in [2.45, 2.75) is 64.0 Å². The number of nitrogens with zero attached hydrogens (tertiary/aromatic N) is 4. The molecule has 0 spiro atoms. The number of fused-ring (bicyclic) bond motifs is 1. The summed E-state index contributed by atoms with van der Waals surface area (Å²) < 4.78 is 7.05. The lowest BCUT2D eigenvalue weighted by atomic mass is 10.0. The van der Waals surface area contributed by atoms with E-state index in [2.05, 4.69) is 4.90 Å². The van der Waals surface area contributed by atoms with Crippen molar-refractivity contribution in [2.24, 2.45) is 0 Å². The monoisotopic (exact) mass is 418 g/mol. The van der Waals surface area contributed by atoms with Gasteiger partial charge >= 0.3 is 5.97 Å². The van der Waals surface area contributed by atoms with E-state index in [9.17, 15) is 9.59 Å². The van der Waals surface area contributed by atoms with Crippen molar-refractivity contribution in [2.75, 3.05) is 26.7 Å². The highest BCUT2D eigenvalue weighted by Crippen LogP contribution is 2.25. The zero-order valence-electron chi connectivity index (χ0n) is 17.1. The van der Waals surface area contributed by atoms with Crippen LogP contribution >= 0.6 is 11.3 Å². The maximum absolute atomic E-state index is 13.4. The predicted octanol–water partition coefficient (Wildman–Crippen LogP) is 3.33. The summed E-state index contributed by atoms with van der Waals surface area (Å²) >= 11 is 1.54. The molecule has 2 aliphatic rings. The topological polar surface area (TPSA) is 67.2 Å². The molecule has 1 unspecified atom stereocenters. The van der Waals surface area contributed by atoms with Crippen LogP contribution in [0.4, 0.5) is 0 Å². The van der Waals surface area contributed by atoms with E-state index in [0.717, 1.165) is 62.4 Å². The fourth-order valence-electron chi connectivity index (χ4n) is 4.53. The molecule has 8 heteroatoms. The minimum atomic E-state index is -0.248. The Labute approximate surface area is 175 Å². The number of esters is 1. The van der Waals surface area contributed by atoms with Crippen molar-refractivity contribution >= 4 is 28.2 Å². The average Bonchev–Trinajstić information content (AvgIpc) is 3.30. The number of likely N-dealkylation sites (tertiary alicyclic amines) is 2. The van der Waals surface area contributed by atoms with Gasteiger partial charge in [-0.3, -0.25) is 18.9 Å². The number of hydrogen-bond donors (Lipinski definition) is 0. The summed E-state index contributed by atoms with van der Waals surface area (Å²) in [5.41, 5.74) is 1.44. The molecule has 4 rings (SSSR count). The van der Waals surface area contributed by atoms with Crippen molar-refractivity contribution in [1.29, 1.82) is 0 Å². The Bertz CT molecular complexity index is 853. The first-order chi connectivity index (χ1) is 14.2. The van der Waals surface area contributed by atoms with Crippen molar-refractivity contribution in [3.05, 3.63) is 23.0 Å². The molecule has 29 heavy (non-hydrogen) atoms. The van der Waals surface area contributed by atoms with Gasteiger partial charge in [0.2, 0.25) is 0 Å². The molecule has 0 radical (unpaired) electrons. The summed E-state index contributed by atoms with van der Waals surface area (Å²) in [4.78, 5) is 35.4. The second-order valence-corrected chi connectivity index (χ2v) is 8.90. The Balaban J connectivity index is 1.62. The standard InChI is InChI=1S/C21H30N4O3S/c1-28-20(27)16-9-5-8-12-24(16)15-17-18(22-21-25(17)13-14-29-21)19(26)23-10-6-3-2-4-7-11-23/h13-14,16H,2-12,15H2,1H3. The second kappa shape index (κ2) is 9.26. The first-order valence-electron chi connectivity index (χ1n) is 10.7. The molecule has 2 aromatic heterocycles. The van der Waals surface area contributed by atoms with Gasteiger partial charge in [0.15, 0.2) is 10.7 Å². The molecule has 158 valence electrons. The molecular weight excluding hydrogens is 388 g/mol. The number of imidazole rings is 1. The van der Waals surface area contributed by atoms with Crippen LogP contribution in [0.5, 0.6) is 0 Å². The molecule has 7 nitrogen and oxygen atoms in total. The van der Waals surface area contributed by atoms with Crippen LogP contribution in [0.25, 0.3) is 4.96 Å². The molecule has 0 aliphatic carbocycles. The van der Waals surface area contributed by atoms with Gasteiger partial charge in [-0.15, -0.1) is 11.3 Å². The normalized spacial score (nSPS) is 21.7. The fourth-order valence-corrected chi connectivity index (χ4v) is 5.26. The van der Waals surface area contributed by atoms with Crippen molar-refractivity contribution < 1.29 is 14.3 Å². The zero-order valence-corrected chi connectivity index (χ0v) is 18.0. The van der Waals surface area contributed by atoms with Crippen LogP contribution in [0.3, 0.4) is 0 Å². The second-order valence-electron chi connectivity index (χ2n) is 8.03. The Hall–Kier alpha value is -1.93. The molecule has 1 amide bonds. The van der Waals surface area contributed by atoms with Crippen molar-refractivity contribution in [3.8, 4) is 0 Å². The van der Waals surface area contributed by atoms with Gasteiger partial charge in [0.05, 0.1) is 12.8 Å². The molecular formula is C21H30N4O3S. The van der Waals surface area contributed by atoms with Gasteiger partial charge in [0.1, 0.15) is 6.04 Å². The Kier molecular flexibility index (Phi) is 6.50. The van der Waals surface area contributed by atoms with E-state index < -0.39 is 0 Å². The third kappa shape index (κ3) is 4.33. The van der Waals surface area contributed by atoms with E-state index in [1.807, 2.05) is 20.9 Å². The third-order valence-corrected chi connectivity index (χ3v) is 6.90. The molecule has 0 saturated carbocycles. The summed E-state index contributed by atoms with van der Waals surface area (Å²) in [6, 6.07) is -0.248. The maximum atomic E-state index is 13.4. The summed E-state index contributed by atoms with van der Waals surface area (Å²) in [5.74, 6) is -0.156. The fraction of sp³-hybridized carbons (Fsp3) is 0.667. The van der Waals surface area contributed by atoms with E-state index in [1.54, 1.807) is 0 Å². The van der Waals surface area contributed by atoms with Crippen LogP contribution in [0, 0.1) is 0 Å². The number of carbonyl (C=O) groups excluding carboxylic acids is 2. The molecule has 0 bridgehead atoms. The summed E-state index contributed by atoms with van der Waals surface area (Å²) in [6.45, 7) is 2.97. The highest BCUT2D eigenvalue weighted by atomic mass is 32.1. The Morgan fingerprint density at radius 1 is 1.10 bits per heavy atom. The molecule has 1 atom stereocenters. The van der Waals surface area contributed by atoms with Crippen LogP contribution < -0.4 is 0 Å². The molecule has 2 aliphatic heterocycles. The van der Waals surface area contributed by atoms with E-state index >= 15 is 0 Å². The van der Waals surface area contributed by atoms with Crippen molar-refractivity contribution in [3.63, 3.8) is 0 Å². The quantitative estimate of drug-likeness (QED) is 0.713. The number of hydrogen-bond acceptors (Lipinski definition) is 6. The Morgan fingerprint density at radius 3 is 2.59 bits per heavy atom. The number of piperidine rings is 1. The van der Waals surface area contributed by atoms with E-state index in [-0.39, 0.29) is 17.9 Å². The van der Waals surface area contributed by atoms with Crippen molar-refractivity contribution in [1.82, 2.24) is 19.2 Å². The average molecular weight is 419 g/mol. The number of ether oxygens (including phenoxy) is 1. The third-order valence-electron chi connectivity index (χ3n) is 6.15. The molecule has 2 fully saturated rings. The number of aromatic nitrogens is 2. The number of rotatable bonds is 4. The van der Waals surface area contributed by atoms with Crippen LogP contribution in [-0.2, 0) is 16.1 Å². The van der Waals surface area contributed by atoms with Gasteiger partial charge in [-0.2, -0.15) is 0 Å². The molecule has 2 aromatic rings. The number of methoxy groups -OCH3 is 1. The number of thiazole rings is 1. The molecule has 0 N–H and O–H groups in total. The lowest BCUT2D eigenvalue weighted by Gasteiger charge is -2.33. The summed E-state index contributed by atoms with van der Waals surface area (Å²) in [5, 5.41) is 1.99. The van der Waals surface area contributed by atoms with Crippen LogP contribution in [0.2, 0.25) is 0 Å². The first kappa shape index (κ1) is 20.3. The van der Waals surface area contributed by atoms with E-state index in [4.69, 9.17) is 9.72 Å². The number of carbonyl (C=O) groups is 2. The van der Waals surface area contributed by atoms with E-state index in [0.29, 0.717) is 12.2 Å². The van der Waals surface area contributed by atoms with Gasteiger partial charge in [-0.05, 0) is 32.2 Å².